The van der Waals surface area contributed by atoms with Crippen LogP contribution in [0.5, 0.6) is 0 Å². The smallest absolute Gasteiger partial charge is 0.307 e. The summed E-state index contributed by atoms with van der Waals surface area (Å²) in [7, 11) is 0. The standard InChI is InChI=1S/C17H23NO2/c19-17(20)9-13-4-6-14(7-5-13)10-18-11-15-2-1-3-16(8-15)12-18/h4-7,15-16H,1-3,8-12H2,(H,19,20)/t15-,16-/m0/s1. The zero-order chi connectivity index (χ0) is 13.9. The molecular weight excluding hydrogens is 250 g/mol. The summed E-state index contributed by atoms with van der Waals surface area (Å²) in [4.78, 5) is 13.3. The maximum absolute atomic E-state index is 10.7. The monoisotopic (exact) mass is 273 g/mol. The third-order valence-corrected chi connectivity index (χ3v) is 4.71. The number of benzene rings is 1. The molecule has 3 nitrogen and oxygen atoms in total. The van der Waals surface area contributed by atoms with Crippen LogP contribution in [0.25, 0.3) is 0 Å². The van der Waals surface area contributed by atoms with Crippen molar-refractivity contribution in [3.8, 4) is 0 Å². The number of carbonyl (C=O) groups is 1. The summed E-state index contributed by atoms with van der Waals surface area (Å²) < 4.78 is 0. The van der Waals surface area contributed by atoms with Crippen molar-refractivity contribution >= 4 is 5.97 Å². The van der Waals surface area contributed by atoms with Crippen LogP contribution >= 0.6 is 0 Å². The van der Waals surface area contributed by atoms with E-state index in [4.69, 9.17) is 5.11 Å². The topological polar surface area (TPSA) is 40.5 Å². The number of piperidine rings is 1. The molecule has 1 aromatic carbocycles. The van der Waals surface area contributed by atoms with Gasteiger partial charge in [-0.25, -0.2) is 0 Å². The Hall–Kier alpha value is -1.35. The van der Waals surface area contributed by atoms with Crippen molar-refractivity contribution in [2.24, 2.45) is 11.8 Å². The third kappa shape index (κ3) is 3.40. The van der Waals surface area contributed by atoms with Crippen LogP contribution in [0.2, 0.25) is 0 Å². The van der Waals surface area contributed by atoms with Gasteiger partial charge >= 0.3 is 5.97 Å². The molecule has 3 rings (SSSR count). The molecule has 0 spiro atoms. The molecule has 2 atom stereocenters. The minimum absolute atomic E-state index is 0.119. The zero-order valence-corrected chi connectivity index (χ0v) is 11.9. The van der Waals surface area contributed by atoms with Crippen molar-refractivity contribution in [1.29, 1.82) is 0 Å². The van der Waals surface area contributed by atoms with Crippen LogP contribution in [0, 0.1) is 11.8 Å². The molecule has 2 bridgehead atoms. The molecule has 1 saturated carbocycles. The first-order chi connectivity index (χ1) is 9.69. The molecule has 0 amide bonds. The Morgan fingerprint density at radius 2 is 1.70 bits per heavy atom. The average molecular weight is 273 g/mol. The van der Waals surface area contributed by atoms with Crippen molar-refractivity contribution in [3.05, 3.63) is 35.4 Å². The van der Waals surface area contributed by atoms with Crippen molar-refractivity contribution in [2.75, 3.05) is 13.1 Å². The first kappa shape index (κ1) is 13.6. The predicted octanol–water partition coefficient (Wildman–Crippen LogP) is 2.94. The number of hydrogen-bond donors (Lipinski definition) is 1. The van der Waals surface area contributed by atoms with Gasteiger partial charge in [-0.3, -0.25) is 9.69 Å². The van der Waals surface area contributed by atoms with E-state index in [1.54, 1.807) is 0 Å². The van der Waals surface area contributed by atoms with E-state index < -0.39 is 5.97 Å². The summed E-state index contributed by atoms with van der Waals surface area (Å²) in [6.45, 7) is 3.50. The Labute approximate surface area is 120 Å². The molecule has 20 heavy (non-hydrogen) atoms. The van der Waals surface area contributed by atoms with Crippen molar-refractivity contribution in [2.45, 2.75) is 38.6 Å². The fourth-order valence-electron chi connectivity index (χ4n) is 3.86. The van der Waals surface area contributed by atoms with Gasteiger partial charge in [0.2, 0.25) is 0 Å². The van der Waals surface area contributed by atoms with Crippen molar-refractivity contribution in [1.82, 2.24) is 4.90 Å². The first-order valence-corrected chi connectivity index (χ1v) is 7.71. The number of rotatable bonds is 4. The Kier molecular flexibility index (Phi) is 4.06. The fourth-order valence-corrected chi connectivity index (χ4v) is 3.86. The SMILES string of the molecule is O=C(O)Cc1ccc(CN2C[C@H]3CCC[C@@H](C3)C2)cc1. The van der Waals surface area contributed by atoms with Gasteiger partial charge in [0.25, 0.3) is 0 Å². The van der Waals surface area contributed by atoms with Crippen LogP contribution in [0.3, 0.4) is 0 Å². The van der Waals surface area contributed by atoms with Gasteiger partial charge in [0, 0.05) is 19.6 Å². The molecule has 1 heterocycles. The Morgan fingerprint density at radius 3 is 2.30 bits per heavy atom. The highest BCUT2D eigenvalue weighted by molar-refractivity contribution is 5.70. The van der Waals surface area contributed by atoms with E-state index >= 15 is 0 Å². The van der Waals surface area contributed by atoms with Crippen LogP contribution in [-0.2, 0) is 17.8 Å². The van der Waals surface area contributed by atoms with Gasteiger partial charge in [0.1, 0.15) is 0 Å². The lowest BCUT2D eigenvalue weighted by Gasteiger charge is -2.41. The summed E-state index contributed by atoms with van der Waals surface area (Å²) >= 11 is 0. The van der Waals surface area contributed by atoms with Gasteiger partial charge in [0.15, 0.2) is 0 Å². The van der Waals surface area contributed by atoms with Gasteiger partial charge in [-0.15, -0.1) is 0 Å². The Morgan fingerprint density at radius 1 is 1.10 bits per heavy atom. The van der Waals surface area contributed by atoms with E-state index in [-0.39, 0.29) is 6.42 Å². The quantitative estimate of drug-likeness (QED) is 0.917. The van der Waals surface area contributed by atoms with Gasteiger partial charge in [-0.05, 0) is 42.2 Å². The highest BCUT2D eigenvalue weighted by atomic mass is 16.4. The summed E-state index contributed by atoms with van der Waals surface area (Å²) in [5, 5.41) is 8.78. The van der Waals surface area contributed by atoms with E-state index in [1.165, 1.54) is 44.3 Å². The molecule has 1 saturated heterocycles. The summed E-state index contributed by atoms with van der Waals surface area (Å²) in [6.07, 6.45) is 5.80. The maximum atomic E-state index is 10.7. The van der Waals surface area contributed by atoms with Crippen LogP contribution in [0.1, 0.15) is 36.8 Å². The summed E-state index contributed by atoms with van der Waals surface area (Å²) in [5.41, 5.74) is 2.19. The molecule has 0 radical (unpaired) electrons. The maximum Gasteiger partial charge on any atom is 0.307 e. The van der Waals surface area contributed by atoms with Gasteiger partial charge in [-0.2, -0.15) is 0 Å². The van der Waals surface area contributed by atoms with Crippen LogP contribution in [0.4, 0.5) is 0 Å². The second-order valence-electron chi connectivity index (χ2n) is 6.48. The van der Waals surface area contributed by atoms with Gasteiger partial charge in [-0.1, -0.05) is 30.7 Å². The van der Waals surface area contributed by atoms with E-state index in [1.807, 2.05) is 12.1 Å². The number of fused-ring (bicyclic) bond motifs is 2. The highest BCUT2D eigenvalue weighted by Gasteiger charge is 2.30. The van der Waals surface area contributed by atoms with Crippen LogP contribution < -0.4 is 0 Å². The van der Waals surface area contributed by atoms with Crippen LogP contribution in [0.15, 0.2) is 24.3 Å². The number of hydrogen-bond acceptors (Lipinski definition) is 2. The molecule has 1 aromatic rings. The largest absolute Gasteiger partial charge is 0.481 e. The number of carboxylic acids is 1. The Bertz CT molecular complexity index is 456. The molecule has 0 unspecified atom stereocenters. The second kappa shape index (κ2) is 5.96. The molecule has 108 valence electrons. The molecule has 1 N–H and O–H groups in total. The summed E-state index contributed by atoms with van der Waals surface area (Å²) in [5.74, 6) is 1.06. The molecular formula is C17H23NO2. The fraction of sp³-hybridized carbons (Fsp3) is 0.588. The molecule has 1 aliphatic carbocycles. The van der Waals surface area contributed by atoms with E-state index in [0.717, 1.165) is 23.9 Å². The number of carboxylic acid groups (broad SMARTS) is 1. The van der Waals surface area contributed by atoms with Crippen LogP contribution in [-0.4, -0.2) is 29.1 Å². The molecule has 0 aromatic heterocycles. The minimum atomic E-state index is -0.762. The van der Waals surface area contributed by atoms with Gasteiger partial charge < -0.3 is 5.11 Å². The van der Waals surface area contributed by atoms with E-state index in [2.05, 4.69) is 17.0 Å². The molecule has 2 fully saturated rings. The van der Waals surface area contributed by atoms with E-state index in [0.29, 0.717) is 0 Å². The molecule has 1 aliphatic heterocycles. The lowest BCUT2D eigenvalue weighted by Crippen LogP contribution is -2.42. The highest BCUT2D eigenvalue weighted by Crippen LogP contribution is 2.34. The normalized spacial score (nSPS) is 26.4. The van der Waals surface area contributed by atoms with Crippen molar-refractivity contribution in [3.63, 3.8) is 0 Å². The predicted molar refractivity (Wildman–Crippen MR) is 78.5 cm³/mol. The molecule has 3 heteroatoms. The van der Waals surface area contributed by atoms with Gasteiger partial charge in [0.05, 0.1) is 6.42 Å². The lowest BCUT2D eigenvalue weighted by atomic mass is 9.78. The van der Waals surface area contributed by atoms with E-state index in [9.17, 15) is 4.79 Å². The summed E-state index contributed by atoms with van der Waals surface area (Å²) in [6, 6.07) is 8.08. The number of likely N-dealkylation sites (tertiary alicyclic amines) is 1. The zero-order valence-electron chi connectivity index (χ0n) is 11.9. The first-order valence-electron chi connectivity index (χ1n) is 7.71. The minimum Gasteiger partial charge on any atom is -0.481 e. The number of aliphatic carboxylic acids is 1. The lowest BCUT2D eigenvalue weighted by molar-refractivity contribution is -0.136. The number of nitrogens with zero attached hydrogens (tertiary/aromatic N) is 1. The third-order valence-electron chi connectivity index (χ3n) is 4.71. The average Bonchev–Trinajstić information content (AvgIpc) is 2.40. The Balaban J connectivity index is 1.58. The van der Waals surface area contributed by atoms with Crippen molar-refractivity contribution < 1.29 is 9.90 Å². The molecule has 2 aliphatic rings. The second-order valence-corrected chi connectivity index (χ2v) is 6.48.